The van der Waals surface area contributed by atoms with Crippen molar-refractivity contribution in [2.75, 3.05) is 6.61 Å². The highest BCUT2D eigenvalue weighted by Crippen LogP contribution is 2.23. The minimum absolute atomic E-state index is 0.116. The van der Waals surface area contributed by atoms with Crippen molar-refractivity contribution < 1.29 is 14.6 Å². The fourth-order valence-electron chi connectivity index (χ4n) is 2.49. The van der Waals surface area contributed by atoms with Crippen LogP contribution in [-0.4, -0.2) is 23.8 Å². The summed E-state index contributed by atoms with van der Waals surface area (Å²) < 4.78 is 6.66. The molecule has 1 N–H and O–H groups in total. The molecule has 1 aliphatic heterocycles. The Morgan fingerprint density at radius 3 is 2.68 bits per heavy atom. The molecule has 0 amide bonds. The summed E-state index contributed by atoms with van der Waals surface area (Å²) in [5, 5.41) is 9.35. The van der Waals surface area contributed by atoms with Crippen LogP contribution in [0.1, 0.15) is 31.2 Å². The van der Waals surface area contributed by atoms with Crippen LogP contribution in [0.3, 0.4) is 0 Å². The van der Waals surface area contributed by atoms with Crippen molar-refractivity contribution in [1.82, 2.24) is 0 Å². The molecule has 0 radical (unpaired) electrons. The number of hydrogen-bond donors (Lipinski definition) is 1. The molecule has 1 fully saturated rings. The van der Waals surface area contributed by atoms with Crippen molar-refractivity contribution in [2.45, 2.75) is 38.2 Å². The summed E-state index contributed by atoms with van der Waals surface area (Å²) >= 11 is 3.38. The summed E-state index contributed by atoms with van der Waals surface area (Å²) in [5.74, 6) is -1.08. The molecule has 2 rings (SSSR count). The Bertz CT molecular complexity index is 410. The molecule has 0 aromatic heterocycles. The Morgan fingerprint density at radius 1 is 1.37 bits per heavy atom. The van der Waals surface area contributed by atoms with Crippen molar-refractivity contribution in [3.05, 3.63) is 34.3 Å². The van der Waals surface area contributed by atoms with Gasteiger partial charge in [0.05, 0.1) is 12.0 Å². The molecular weight excluding hydrogens is 308 g/mol. The van der Waals surface area contributed by atoms with E-state index >= 15 is 0 Å². The smallest absolute Gasteiger partial charge is 0.306 e. The third kappa shape index (κ3) is 4.62. The average molecular weight is 327 g/mol. The molecule has 1 aliphatic rings. The molecule has 1 aromatic rings. The lowest BCUT2D eigenvalue weighted by Gasteiger charge is -2.25. The van der Waals surface area contributed by atoms with Gasteiger partial charge in [0.2, 0.25) is 0 Å². The van der Waals surface area contributed by atoms with Crippen LogP contribution in [-0.2, 0) is 16.0 Å². The van der Waals surface area contributed by atoms with Crippen LogP contribution < -0.4 is 0 Å². The van der Waals surface area contributed by atoms with Crippen molar-refractivity contribution >= 4 is 21.9 Å². The number of carbonyl (C=O) groups is 1. The summed E-state index contributed by atoms with van der Waals surface area (Å²) in [7, 11) is 0. The van der Waals surface area contributed by atoms with Gasteiger partial charge in [-0.25, -0.2) is 0 Å². The first-order valence-electron chi connectivity index (χ1n) is 6.74. The summed E-state index contributed by atoms with van der Waals surface area (Å²) in [5.41, 5.74) is 1.06. The molecule has 2 unspecified atom stereocenters. The summed E-state index contributed by atoms with van der Waals surface area (Å²) in [6.07, 6.45) is 4.54. The molecule has 1 aromatic carbocycles. The third-order valence-corrected chi connectivity index (χ3v) is 4.09. The first-order valence-corrected chi connectivity index (χ1v) is 7.53. The number of hydrogen-bond acceptors (Lipinski definition) is 2. The molecule has 2 atom stereocenters. The largest absolute Gasteiger partial charge is 0.481 e. The zero-order valence-electron chi connectivity index (χ0n) is 10.8. The first-order chi connectivity index (χ1) is 9.15. The summed E-state index contributed by atoms with van der Waals surface area (Å²) in [6.45, 7) is 0.773. The predicted octanol–water partition coefficient (Wildman–Crippen LogP) is 3.65. The zero-order valence-corrected chi connectivity index (χ0v) is 12.4. The van der Waals surface area contributed by atoms with Gasteiger partial charge < -0.3 is 9.84 Å². The van der Waals surface area contributed by atoms with Gasteiger partial charge in [-0.15, -0.1) is 0 Å². The molecule has 3 nitrogen and oxygen atoms in total. The molecule has 0 aliphatic carbocycles. The predicted molar refractivity (Wildman–Crippen MR) is 77.2 cm³/mol. The normalized spacial score (nSPS) is 21.0. The molecule has 0 bridgehead atoms. The molecule has 104 valence electrons. The fourth-order valence-corrected chi connectivity index (χ4v) is 2.75. The highest BCUT2D eigenvalue weighted by atomic mass is 79.9. The van der Waals surface area contributed by atoms with Crippen LogP contribution in [0.15, 0.2) is 28.7 Å². The topological polar surface area (TPSA) is 46.5 Å². The van der Waals surface area contributed by atoms with E-state index in [0.29, 0.717) is 12.8 Å². The van der Waals surface area contributed by atoms with Gasteiger partial charge in [-0.3, -0.25) is 4.79 Å². The van der Waals surface area contributed by atoms with E-state index in [1.54, 1.807) is 0 Å². The van der Waals surface area contributed by atoms with Gasteiger partial charge in [0, 0.05) is 11.1 Å². The highest BCUT2D eigenvalue weighted by molar-refractivity contribution is 9.10. The van der Waals surface area contributed by atoms with Crippen molar-refractivity contribution in [3.63, 3.8) is 0 Å². The van der Waals surface area contributed by atoms with Crippen LogP contribution in [0.4, 0.5) is 0 Å². The van der Waals surface area contributed by atoms with Crippen LogP contribution in [0.5, 0.6) is 0 Å². The number of carboxylic acid groups (broad SMARTS) is 1. The maximum Gasteiger partial charge on any atom is 0.306 e. The zero-order chi connectivity index (χ0) is 13.7. The van der Waals surface area contributed by atoms with Gasteiger partial charge in [0.1, 0.15) is 0 Å². The van der Waals surface area contributed by atoms with E-state index in [-0.39, 0.29) is 12.0 Å². The van der Waals surface area contributed by atoms with E-state index in [2.05, 4.69) is 15.9 Å². The lowest BCUT2D eigenvalue weighted by molar-refractivity contribution is -0.143. The van der Waals surface area contributed by atoms with E-state index in [1.165, 1.54) is 0 Å². The maximum absolute atomic E-state index is 11.4. The van der Waals surface area contributed by atoms with E-state index in [4.69, 9.17) is 4.74 Å². The second-order valence-corrected chi connectivity index (χ2v) is 6.01. The second-order valence-electron chi connectivity index (χ2n) is 5.09. The molecule has 4 heteroatoms. The van der Waals surface area contributed by atoms with E-state index in [9.17, 15) is 9.90 Å². The van der Waals surface area contributed by atoms with E-state index < -0.39 is 5.97 Å². The Morgan fingerprint density at radius 2 is 2.11 bits per heavy atom. The number of carboxylic acids is 1. The fraction of sp³-hybridized carbons (Fsp3) is 0.533. The highest BCUT2D eigenvalue weighted by Gasteiger charge is 2.24. The summed E-state index contributed by atoms with van der Waals surface area (Å²) in [4.78, 5) is 11.4. The molecule has 1 heterocycles. The average Bonchev–Trinajstić information content (AvgIpc) is 2.41. The first kappa shape index (κ1) is 14.5. The number of aliphatic carboxylic acids is 1. The molecular formula is C15H19BrO3. The Kier molecular flexibility index (Phi) is 5.40. The van der Waals surface area contributed by atoms with E-state index in [1.807, 2.05) is 24.3 Å². The molecule has 0 saturated carbocycles. The quantitative estimate of drug-likeness (QED) is 0.898. The van der Waals surface area contributed by atoms with Crippen LogP contribution >= 0.6 is 15.9 Å². The number of halogens is 1. The van der Waals surface area contributed by atoms with Crippen molar-refractivity contribution in [1.29, 1.82) is 0 Å². The number of rotatable bonds is 5. The van der Waals surface area contributed by atoms with Gasteiger partial charge in [-0.1, -0.05) is 28.1 Å². The maximum atomic E-state index is 11.4. The standard InChI is InChI=1S/C15H19BrO3/c16-13-6-4-11(5-7-13)9-12(15(17)18)10-14-3-1-2-8-19-14/h4-7,12,14H,1-3,8-10H2,(H,17,18). The van der Waals surface area contributed by atoms with Gasteiger partial charge in [0.15, 0.2) is 0 Å². The Hall–Kier alpha value is -0.870. The van der Waals surface area contributed by atoms with Crippen molar-refractivity contribution in [2.24, 2.45) is 5.92 Å². The van der Waals surface area contributed by atoms with E-state index in [0.717, 1.165) is 35.9 Å². The Labute approximate surface area is 122 Å². The molecule has 0 spiro atoms. The van der Waals surface area contributed by atoms with Crippen LogP contribution in [0.2, 0.25) is 0 Å². The Balaban J connectivity index is 1.95. The molecule has 19 heavy (non-hydrogen) atoms. The number of benzene rings is 1. The third-order valence-electron chi connectivity index (χ3n) is 3.57. The van der Waals surface area contributed by atoms with Crippen LogP contribution in [0, 0.1) is 5.92 Å². The van der Waals surface area contributed by atoms with Gasteiger partial charge in [-0.05, 0) is 49.8 Å². The monoisotopic (exact) mass is 326 g/mol. The van der Waals surface area contributed by atoms with Gasteiger partial charge in [-0.2, -0.15) is 0 Å². The minimum Gasteiger partial charge on any atom is -0.481 e. The molecule has 1 saturated heterocycles. The lowest BCUT2D eigenvalue weighted by Crippen LogP contribution is -2.27. The lowest BCUT2D eigenvalue weighted by atomic mass is 9.91. The SMILES string of the molecule is O=C(O)C(Cc1ccc(Br)cc1)CC1CCCCO1. The van der Waals surface area contributed by atoms with Gasteiger partial charge >= 0.3 is 5.97 Å². The minimum atomic E-state index is -0.725. The number of ether oxygens (including phenoxy) is 1. The van der Waals surface area contributed by atoms with Gasteiger partial charge in [0.25, 0.3) is 0 Å². The summed E-state index contributed by atoms with van der Waals surface area (Å²) in [6, 6.07) is 7.85. The second kappa shape index (κ2) is 7.06. The van der Waals surface area contributed by atoms with Crippen LogP contribution in [0.25, 0.3) is 0 Å². The van der Waals surface area contributed by atoms with Crippen molar-refractivity contribution in [3.8, 4) is 0 Å².